The van der Waals surface area contributed by atoms with Gasteiger partial charge in [0, 0.05) is 29.1 Å². The minimum Gasteiger partial charge on any atom is -0.497 e. The summed E-state index contributed by atoms with van der Waals surface area (Å²) in [4.78, 5) is 27.6. The first-order valence-corrected chi connectivity index (χ1v) is 9.33. The highest BCUT2D eigenvalue weighted by Crippen LogP contribution is 2.28. The Balaban J connectivity index is 1.77. The fourth-order valence-corrected chi connectivity index (χ4v) is 3.27. The molecule has 0 spiro atoms. The zero-order chi connectivity index (χ0) is 20.1. The van der Waals surface area contributed by atoms with Crippen LogP contribution in [-0.4, -0.2) is 29.5 Å². The van der Waals surface area contributed by atoms with E-state index in [1.165, 1.54) is 29.5 Å². The van der Waals surface area contributed by atoms with Crippen molar-refractivity contribution in [3.05, 3.63) is 63.5 Å². The Labute approximate surface area is 165 Å². The lowest BCUT2D eigenvalue weighted by Crippen LogP contribution is -2.12. The summed E-state index contributed by atoms with van der Waals surface area (Å²) in [5, 5.41) is 19.1. The number of anilines is 2. The van der Waals surface area contributed by atoms with Gasteiger partial charge >= 0.3 is 0 Å². The monoisotopic (exact) mass is 398 g/mol. The molecule has 2 aromatic carbocycles. The number of hydrogen-bond donors (Lipinski definition) is 2. The lowest BCUT2D eigenvalue weighted by atomic mass is 10.1. The molecule has 0 unspecified atom stereocenters. The number of nitro groups is 1. The van der Waals surface area contributed by atoms with Gasteiger partial charge in [0.2, 0.25) is 0 Å². The molecule has 2 N–H and O–H groups in total. The van der Waals surface area contributed by atoms with Gasteiger partial charge in [-0.25, -0.2) is 4.98 Å². The maximum atomic E-state index is 12.5. The number of thiazole rings is 1. The lowest BCUT2D eigenvalue weighted by Gasteiger charge is -2.07. The first kappa shape index (κ1) is 19.3. The van der Waals surface area contributed by atoms with Gasteiger partial charge in [0.25, 0.3) is 11.6 Å². The van der Waals surface area contributed by atoms with E-state index >= 15 is 0 Å². The summed E-state index contributed by atoms with van der Waals surface area (Å²) in [5.41, 5.74) is 2.03. The smallest absolute Gasteiger partial charge is 0.293 e. The van der Waals surface area contributed by atoms with Crippen LogP contribution in [0.1, 0.15) is 17.3 Å². The maximum absolute atomic E-state index is 12.5. The van der Waals surface area contributed by atoms with Crippen LogP contribution < -0.4 is 15.4 Å². The van der Waals surface area contributed by atoms with Crippen molar-refractivity contribution in [3.63, 3.8) is 0 Å². The Morgan fingerprint density at radius 1 is 1.25 bits per heavy atom. The lowest BCUT2D eigenvalue weighted by molar-refractivity contribution is -0.384. The number of aromatic nitrogens is 1. The minimum atomic E-state index is -0.514. The average molecular weight is 398 g/mol. The van der Waals surface area contributed by atoms with Gasteiger partial charge in [-0.3, -0.25) is 20.2 Å². The number of carbonyl (C=O) groups excluding carboxylic acids is 1. The van der Waals surface area contributed by atoms with Crippen LogP contribution in [0.4, 0.5) is 16.5 Å². The highest BCUT2D eigenvalue weighted by molar-refractivity contribution is 7.14. The predicted molar refractivity (Wildman–Crippen MR) is 109 cm³/mol. The largest absolute Gasteiger partial charge is 0.497 e. The number of carbonyl (C=O) groups is 1. The van der Waals surface area contributed by atoms with E-state index in [4.69, 9.17) is 4.74 Å². The van der Waals surface area contributed by atoms with Crippen molar-refractivity contribution in [2.75, 3.05) is 24.3 Å². The molecular formula is C19H18N4O4S. The highest BCUT2D eigenvalue weighted by atomic mass is 32.1. The van der Waals surface area contributed by atoms with E-state index in [9.17, 15) is 14.9 Å². The quantitative estimate of drug-likeness (QED) is 0.451. The minimum absolute atomic E-state index is 0.146. The number of benzene rings is 2. The van der Waals surface area contributed by atoms with Gasteiger partial charge in [-0.2, -0.15) is 0 Å². The summed E-state index contributed by atoms with van der Waals surface area (Å²) in [6.07, 6.45) is 0. The van der Waals surface area contributed by atoms with Gasteiger partial charge in [0.05, 0.1) is 17.7 Å². The zero-order valence-corrected chi connectivity index (χ0v) is 16.1. The van der Waals surface area contributed by atoms with Crippen molar-refractivity contribution in [1.29, 1.82) is 0 Å². The third kappa shape index (κ3) is 4.26. The van der Waals surface area contributed by atoms with Crippen LogP contribution in [-0.2, 0) is 0 Å². The van der Waals surface area contributed by atoms with E-state index in [1.54, 1.807) is 7.11 Å². The average Bonchev–Trinajstić information content (AvgIpc) is 3.16. The molecule has 28 heavy (non-hydrogen) atoms. The number of methoxy groups -OCH3 is 1. The van der Waals surface area contributed by atoms with E-state index < -0.39 is 10.8 Å². The van der Waals surface area contributed by atoms with Crippen molar-refractivity contribution in [2.24, 2.45) is 0 Å². The Bertz CT molecular complexity index is 1000. The first-order chi connectivity index (χ1) is 13.5. The van der Waals surface area contributed by atoms with Crippen LogP contribution in [0.25, 0.3) is 11.3 Å². The van der Waals surface area contributed by atoms with E-state index in [0.29, 0.717) is 17.4 Å². The Morgan fingerprint density at radius 3 is 2.64 bits per heavy atom. The molecule has 0 saturated heterocycles. The van der Waals surface area contributed by atoms with Gasteiger partial charge in [0.1, 0.15) is 11.4 Å². The topological polar surface area (TPSA) is 106 Å². The number of rotatable bonds is 7. The fraction of sp³-hybridized carbons (Fsp3) is 0.158. The summed E-state index contributed by atoms with van der Waals surface area (Å²) < 4.78 is 5.13. The molecule has 0 fully saturated rings. The van der Waals surface area contributed by atoms with E-state index in [-0.39, 0.29) is 11.3 Å². The fourth-order valence-electron chi connectivity index (χ4n) is 2.56. The van der Waals surface area contributed by atoms with Gasteiger partial charge in [0.15, 0.2) is 5.13 Å². The molecule has 1 amide bonds. The van der Waals surface area contributed by atoms with Crippen LogP contribution in [0.5, 0.6) is 5.75 Å². The van der Waals surface area contributed by atoms with Crippen LogP contribution in [0, 0.1) is 10.1 Å². The molecule has 0 aliphatic heterocycles. The summed E-state index contributed by atoms with van der Waals surface area (Å²) >= 11 is 1.28. The number of amides is 1. The first-order valence-electron chi connectivity index (χ1n) is 8.45. The molecule has 1 aromatic heterocycles. The Kier molecular flexibility index (Phi) is 5.85. The summed E-state index contributed by atoms with van der Waals surface area (Å²) in [7, 11) is 1.60. The van der Waals surface area contributed by atoms with Gasteiger partial charge < -0.3 is 10.1 Å². The molecule has 1 heterocycles. The number of nitro benzene ring substituents is 1. The normalized spacial score (nSPS) is 10.4. The maximum Gasteiger partial charge on any atom is 0.293 e. The molecule has 3 aromatic rings. The van der Waals surface area contributed by atoms with Gasteiger partial charge in [-0.05, 0) is 43.3 Å². The van der Waals surface area contributed by atoms with Crippen molar-refractivity contribution in [3.8, 4) is 17.0 Å². The molecule has 0 aliphatic carbocycles. The molecule has 3 rings (SSSR count). The van der Waals surface area contributed by atoms with Crippen LogP contribution in [0.15, 0.2) is 47.8 Å². The predicted octanol–water partition coefficient (Wildman–Crippen LogP) is 4.41. The summed E-state index contributed by atoms with van der Waals surface area (Å²) in [6, 6.07) is 11.7. The molecule has 0 saturated carbocycles. The van der Waals surface area contributed by atoms with Crippen molar-refractivity contribution < 1.29 is 14.5 Å². The van der Waals surface area contributed by atoms with Crippen LogP contribution in [0.2, 0.25) is 0 Å². The van der Waals surface area contributed by atoms with Gasteiger partial charge in [-0.15, -0.1) is 11.3 Å². The molecule has 144 valence electrons. The van der Waals surface area contributed by atoms with Crippen LogP contribution in [0.3, 0.4) is 0 Å². The van der Waals surface area contributed by atoms with Crippen LogP contribution >= 0.6 is 11.3 Å². The molecule has 0 bridgehead atoms. The number of ether oxygens (including phenoxy) is 1. The second-order valence-electron chi connectivity index (χ2n) is 5.74. The highest BCUT2D eigenvalue weighted by Gasteiger charge is 2.18. The third-order valence-corrected chi connectivity index (χ3v) is 4.69. The second kappa shape index (κ2) is 8.49. The molecular weight excluding hydrogens is 380 g/mol. The molecule has 9 heteroatoms. The van der Waals surface area contributed by atoms with E-state index in [2.05, 4.69) is 15.6 Å². The number of nitrogens with one attached hydrogen (secondary N) is 2. The van der Waals surface area contributed by atoms with Crippen molar-refractivity contribution in [1.82, 2.24) is 4.98 Å². The molecule has 0 atom stereocenters. The Morgan fingerprint density at radius 2 is 2.00 bits per heavy atom. The van der Waals surface area contributed by atoms with Gasteiger partial charge in [-0.1, -0.05) is 0 Å². The molecule has 8 nitrogen and oxygen atoms in total. The summed E-state index contributed by atoms with van der Waals surface area (Å²) in [5.74, 6) is 0.289. The SMILES string of the molecule is CCNc1ccc(C(=O)Nc2nc(-c3ccc(OC)cc3)cs2)cc1[N+](=O)[O-]. The third-order valence-electron chi connectivity index (χ3n) is 3.93. The zero-order valence-electron chi connectivity index (χ0n) is 15.3. The van der Waals surface area contributed by atoms with E-state index in [1.807, 2.05) is 36.6 Å². The van der Waals surface area contributed by atoms with E-state index in [0.717, 1.165) is 17.0 Å². The second-order valence-corrected chi connectivity index (χ2v) is 6.60. The number of nitrogens with zero attached hydrogens (tertiary/aromatic N) is 2. The van der Waals surface area contributed by atoms with Crippen molar-refractivity contribution >= 4 is 33.8 Å². The Hall–Kier alpha value is -3.46. The number of hydrogen-bond acceptors (Lipinski definition) is 7. The summed E-state index contributed by atoms with van der Waals surface area (Å²) in [6.45, 7) is 2.38. The molecule has 0 aliphatic rings. The molecule has 0 radical (unpaired) electrons. The van der Waals surface area contributed by atoms with Crippen molar-refractivity contribution in [2.45, 2.75) is 6.92 Å². The standard InChI is InChI=1S/C19H18N4O4S/c1-3-20-15-9-6-13(10-17(15)23(25)26)18(24)22-19-21-16(11-28-19)12-4-7-14(27-2)8-5-12/h4-11,20H,3H2,1-2H3,(H,21,22,24).